The third kappa shape index (κ3) is 2.45. The first-order valence-corrected chi connectivity index (χ1v) is 7.32. The molecule has 2 aromatic rings. The summed E-state index contributed by atoms with van der Waals surface area (Å²) in [6, 6.07) is 1.82. The van der Waals surface area contributed by atoms with Gasteiger partial charge in [-0.2, -0.15) is 11.8 Å². The normalized spacial score (nSPS) is 23.8. The highest BCUT2D eigenvalue weighted by Gasteiger charge is 2.27. The summed E-state index contributed by atoms with van der Waals surface area (Å²) in [6.45, 7) is 5.89. The van der Waals surface area contributed by atoms with Gasteiger partial charge in [0, 0.05) is 42.2 Å². The molecule has 5 nitrogen and oxygen atoms in total. The molecule has 2 aromatic heterocycles. The van der Waals surface area contributed by atoms with E-state index in [9.17, 15) is 4.79 Å². The Morgan fingerprint density at radius 2 is 2.11 bits per heavy atom. The zero-order valence-electron chi connectivity index (χ0n) is 11.0. The van der Waals surface area contributed by atoms with Gasteiger partial charge in [0.15, 0.2) is 0 Å². The minimum absolute atomic E-state index is 0.00417. The van der Waals surface area contributed by atoms with Gasteiger partial charge in [-0.3, -0.25) is 9.20 Å². The van der Waals surface area contributed by atoms with Crippen molar-refractivity contribution in [3.63, 3.8) is 0 Å². The quantitative estimate of drug-likeness (QED) is 0.795. The van der Waals surface area contributed by atoms with Gasteiger partial charge in [0.1, 0.15) is 5.69 Å². The Morgan fingerprint density at radius 1 is 1.37 bits per heavy atom. The molecule has 1 aliphatic heterocycles. The van der Waals surface area contributed by atoms with Crippen molar-refractivity contribution >= 4 is 23.4 Å². The maximum Gasteiger partial charge on any atom is 0.274 e. The van der Waals surface area contributed by atoms with Crippen LogP contribution in [0.25, 0.3) is 5.78 Å². The third-order valence-corrected chi connectivity index (χ3v) is 4.39. The summed E-state index contributed by atoms with van der Waals surface area (Å²) in [5, 5.41) is 0.950. The van der Waals surface area contributed by atoms with Crippen molar-refractivity contribution in [2.75, 3.05) is 13.1 Å². The highest BCUT2D eigenvalue weighted by atomic mass is 32.2. The molecule has 1 amide bonds. The van der Waals surface area contributed by atoms with Gasteiger partial charge in [-0.15, -0.1) is 0 Å². The standard InChI is InChI=1S/C13H16N4OS/c1-9-6-17(7-10(2)19-9)12(18)11-8-16-5-3-4-14-13(16)15-11/h3-5,8-10H,6-7H2,1-2H3. The van der Waals surface area contributed by atoms with E-state index in [1.807, 2.05) is 28.9 Å². The first-order valence-electron chi connectivity index (χ1n) is 6.38. The molecule has 3 rings (SSSR count). The van der Waals surface area contributed by atoms with Crippen LogP contribution in [0.4, 0.5) is 0 Å². The van der Waals surface area contributed by atoms with Crippen molar-refractivity contribution in [2.45, 2.75) is 24.3 Å². The van der Waals surface area contributed by atoms with Gasteiger partial charge in [0.25, 0.3) is 5.91 Å². The number of hydrogen-bond acceptors (Lipinski definition) is 4. The Morgan fingerprint density at radius 3 is 2.79 bits per heavy atom. The Kier molecular flexibility index (Phi) is 3.18. The molecule has 0 radical (unpaired) electrons. The fourth-order valence-corrected chi connectivity index (χ4v) is 3.76. The Hall–Kier alpha value is -1.56. The molecule has 6 heteroatoms. The average Bonchev–Trinajstić information content (AvgIpc) is 2.80. The lowest BCUT2D eigenvalue weighted by atomic mass is 10.3. The summed E-state index contributed by atoms with van der Waals surface area (Å²) in [6.07, 6.45) is 5.28. The zero-order valence-corrected chi connectivity index (χ0v) is 11.8. The fourth-order valence-electron chi connectivity index (χ4n) is 2.44. The van der Waals surface area contributed by atoms with Crippen LogP contribution in [0, 0.1) is 0 Å². The molecule has 2 unspecified atom stereocenters. The minimum Gasteiger partial charge on any atom is -0.335 e. The molecular formula is C13H16N4OS. The topological polar surface area (TPSA) is 50.5 Å². The summed E-state index contributed by atoms with van der Waals surface area (Å²) in [5.41, 5.74) is 0.477. The van der Waals surface area contributed by atoms with Crippen molar-refractivity contribution in [1.29, 1.82) is 0 Å². The molecule has 1 aliphatic rings. The maximum absolute atomic E-state index is 12.5. The van der Waals surface area contributed by atoms with E-state index in [0.717, 1.165) is 13.1 Å². The number of thioether (sulfide) groups is 1. The number of fused-ring (bicyclic) bond motifs is 1. The van der Waals surface area contributed by atoms with Gasteiger partial charge in [-0.1, -0.05) is 13.8 Å². The molecule has 0 bridgehead atoms. The first kappa shape index (κ1) is 12.5. The van der Waals surface area contributed by atoms with Crippen LogP contribution in [0.2, 0.25) is 0 Å². The van der Waals surface area contributed by atoms with Crippen LogP contribution in [0.3, 0.4) is 0 Å². The second-order valence-corrected chi connectivity index (χ2v) is 6.80. The molecular weight excluding hydrogens is 260 g/mol. The largest absolute Gasteiger partial charge is 0.335 e. The van der Waals surface area contributed by atoms with Gasteiger partial charge in [0.05, 0.1) is 0 Å². The summed E-state index contributed by atoms with van der Waals surface area (Å²) in [7, 11) is 0. The van der Waals surface area contributed by atoms with Crippen LogP contribution in [0.1, 0.15) is 24.3 Å². The lowest BCUT2D eigenvalue weighted by molar-refractivity contribution is 0.0748. The van der Waals surface area contributed by atoms with E-state index >= 15 is 0 Å². The lowest BCUT2D eigenvalue weighted by Crippen LogP contribution is -2.44. The van der Waals surface area contributed by atoms with Crippen molar-refractivity contribution in [3.05, 3.63) is 30.4 Å². The molecule has 2 atom stereocenters. The molecule has 0 saturated carbocycles. The van der Waals surface area contributed by atoms with Gasteiger partial charge in [0.2, 0.25) is 5.78 Å². The molecule has 1 saturated heterocycles. The summed E-state index contributed by atoms with van der Waals surface area (Å²) in [4.78, 5) is 22.8. The van der Waals surface area contributed by atoms with Crippen molar-refractivity contribution in [2.24, 2.45) is 0 Å². The van der Waals surface area contributed by atoms with Crippen molar-refractivity contribution in [1.82, 2.24) is 19.3 Å². The van der Waals surface area contributed by atoms with Crippen molar-refractivity contribution < 1.29 is 4.79 Å². The smallest absolute Gasteiger partial charge is 0.274 e. The van der Waals surface area contributed by atoms with Crippen LogP contribution in [0.15, 0.2) is 24.7 Å². The number of aromatic nitrogens is 3. The predicted octanol–water partition coefficient (Wildman–Crippen LogP) is 1.70. The first-order chi connectivity index (χ1) is 9.13. The average molecular weight is 276 g/mol. The van der Waals surface area contributed by atoms with E-state index in [-0.39, 0.29) is 5.91 Å². The molecule has 3 heterocycles. The van der Waals surface area contributed by atoms with Gasteiger partial charge >= 0.3 is 0 Å². The minimum atomic E-state index is 0.00417. The summed E-state index contributed by atoms with van der Waals surface area (Å²) >= 11 is 1.93. The number of hydrogen-bond donors (Lipinski definition) is 0. The molecule has 0 aromatic carbocycles. The number of carbonyl (C=O) groups excluding carboxylic acids is 1. The highest BCUT2D eigenvalue weighted by Crippen LogP contribution is 2.25. The number of imidazole rings is 1. The SMILES string of the molecule is CC1CN(C(=O)c2cn3cccnc3n2)CC(C)S1. The molecule has 1 fully saturated rings. The van der Waals surface area contributed by atoms with Gasteiger partial charge < -0.3 is 4.90 Å². The molecule has 0 N–H and O–H groups in total. The zero-order chi connectivity index (χ0) is 13.4. The molecule has 0 aliphatic carbocycles. The number of rotatable bonds is 1. The second-order valence-electron chi connectivity index (χ2n) is 4.92. The summed E-state index contributed by atoms with van der Waals surface area (Å²) < 4.78 is 1.78. The van der Waals surface area contributed by atoms with E-state index in [1.165, 1.54) is 0 Å². The predicted molar refractivity (Wildman–Crippen MR) is 75.4 cm³/mol. The van der Waals surface area contributed by atoms with Crippen LogP contribution in [0.5, 0.6) is 0 Å². The Bertz CT molecular complexity index is 568. The van der Waals surface area contributed by atoms with E-state index in [4.69, 9.17) is 0 Å². The van der Waals surface area contributed by atoms with E-state index in [0.29, 0.717) is 22.0 Å². The second kappa shape index (κ2) is 4.85. The van der Waals surface area contributed by atoms with E-state index in [2.05, 4.69) is 23.8 Å². The fraction of sp³-hybridized carbons (Fsp3) is 0.462. The van der Waals surface area contributed by atoms with Gasteiger partial charge in [-0.05, 0) is 6.07 Å². The summed E-state index contributed by atoms with van der Waals surface area (Å²) in [5.74, 6) is 0.572. The molecule has 0 spiro atoms. The van der Waals surface area contributed by atoms with Crippen molar-refractivity contribution in [3.8, 4) is 0 Å². The lowest BCUT2D eigenvalue weighted by Gasteiger charge is -2.34. The third-order valence-electron chi connectivity index (χ3n) is 3.16. The van der Waals surface area contributed by atoms with Crippen LogP contribution < -0.4 is 0 Å². The van der Waals surface area contributed by atoms with Crippen LogP contribution in [-0.2, 0) is 0 Å². The monoisotopic (exact) mass is 276 g/mol. The van der Waals surface area contributed by atoms with Crippen LogP contribution >= 0.6 is 11.8 Å². The Balaban J connectivity index is 1.86. The van der Waals surface area contributed by atoms with E-state index < -0.39 is 0 Å². The highest BCUT2D eigenvalue weighted by molar-refractivity contribution is 8.00. The van der Waals surface area contributed by atoms with Gasteiger partial charge in [-0.25, -0.2) is 9.97 Å². The maximum atomic E-state index is 12.5. The number of carbonyl (C=O) groups is 1. The Labute approximate surface area is 116 Å². The van der Waals surface area contributed by atoms with E-state index in [1.54, 1.807) is 16.8 Å². The molecule has 100 valence electrons. The molecule has 19 heavy (non-hydrogen) atoms. The number of nitrogens with zero attached hydrogens (tertiary/aromatic N) is 4. The van der Waals surface area contributed by atoms with Crippen LogP contribution in [-0.4, -0.2) is 48.8 Å². The number of amides is 1.